The molecule has 0 saturated carbocycles. The van der Waals surface area contributed by atoms with Crippen LogP contribution in [0.1, 0.15) is 22.0 Å². The highest BCUT2D eigenvalue weighted by Crippen LogP contribution is 2.44. The first-order valence-corrected chi connectivity index (χ1v) is 10.2. The van der Waals surface area contributed by atoms with Gasteiger partial charge in [-0.1, -0.05) is 18.2 Å². The van der Waals surface area contributed by atoms with E-state index < -0.39 is 0 Å². The predicted molar refractivity (Wildman–Crippen MR) is 120 cm³/mol. The van der Waals surface area contributed by atoms with Crippen molar-refractivity contribution in [3.05, 3.63) is 72.3 Å². The number of rotatable bonds is 4. The van der Waals surface area contributed by atoms with Crippen LogP contribution in [-0.2, 0) is 0 Å². The average molecular weight is 440 g/mol. The second-order valence-electron chi connectivity index (χ2n) is 8.21. The lowest BCUT2D eigenvalue weighted by Gasteiger charge is -2.27. The van der Waals surface area contributed by atoms with Crippen molar-refractivity contribution in [2.24, 2.45) is 11.8 Å². The normalized spacial score (nSPS) is 22.8. The third-order valence-electron chi connectivity index (χ3n) is 6.45. The minimum Gasteiger partial charge on any atom is -0.497 e. The second kappa shape index (κ2) is 8.69. The molecule has 3 atom stereocenters. The van der Waals surface area contributed by atoms with Gasteiger partial charge in [0.1, 0.15) is 18.4 Å². The summed E-state index contributed by atoms with van der Waals surface area (Å²) in [6, 6.07) is 16.3. The number of ether oxygens (including phenoxy) is 1. The highest BCUT2D eigenvalue weighted by molar-refractivity contribution is 5.95. The minimum atomic E-state index is 0. The molecule has 2 aromatic carbocycles. The number of methoxy groups -OCH3 is 1. The summed E-state index contributed by atoms with van der Waals surface area (Å²) < 4.78 is 7.11. The van der Waals surface area contributed by atoms with E-state index in [2.05, 4.69) is 34.3 Å². The highest BCUT2D eigenvalue weighted by Gasteiger charge is 2.47. The Hall–Kier alpha value is -2.90. The van der Waals surface area contributed by atoms with Crippen molar-refractivity contribution in [1.29, 1.82) is 0 Å². The summed E-state index contributed by atoms with van der Waals surface area (Å²) >= 11 is 0. The first-order valence-electron chi connectivity index (χ1n) is 10.2. The Bertz CT molecular complexity index is 1040. The molecular weight excluding hydrogens is 414 g/mol. The van der Waals surface area contributed by atoms with Gasteiger partial charge in [0.15, 0.2) is 0 Å². The second-order valence-corrected chi connectivity index (χ2v) is 8.21. The molecule has 0 radical (unpaired) electrons. The molecule has 0 bridgehead atoms. The minimum absolute atomic E-state index is 0. The van der Waals surface area contributed by atoms with E-state index in [0.29, 0.717) is 23.4 Å². The van der Waals surface area contributed by atoms with Gasteiger partial charge in [-0.25, -0.2) is 0 Å². The number of nitrogens with zero attached hydrogens (tertiary/aromatic N) is 5. The van der Waals surface area contributed by atoms with Gasteiger partial charge in [-0.05, 0) is 48.9 Å². The number of halogens is 1. The van der Waals surface area contributed by atoms with E-state index >= 15 is 0 Å². The molecular formula is C23H26ClN5O2. The summed E-state index contributed by atoms with van der Waals surface area (Å²) in [6.45, 7) is 2.59. The molecule has 1 aromatic heterocycles. The van der Waals surface area contributed by atoms with Crippen LogP contribution in [0.15, 0.2) is 61.2 Å². The fourth-order valence-corrected chi connectivity index (χ4v) is 5.04. The van der Waals surface area contributed by atoms with Gasteiger partial charge in [-0.3, -0.25) is 14.3 Å². The topological polar surface area (TPSA) is 63.5 Å². The Morgan fingerprint density at radius 3 is 2.48 bits per heavy atom. The predicted octanol–water partition coefficient (Wildman–Crippen LogP) is 3.07. The zero-order chi connectivity index (χ0) is 20.7. The summed E-state index contributed by atoms with van der Waals surface area (Å²) in [5, 5.41) is 7.70. The molecule has 3 aromatic rings. The monoisotopic (exact) mass is 439 g/mol. The maximum absolute atomic E-state index is 13.3. The van der Waals surface area contributed by atoms with Crippen LogP contribution in [0.25, 0.3) is 5.69 Å². The molecule has 31 heavy (non-hydrogen) atoms. The summed E-state index contributed by atoms with van der Waals surface area (Å²) in [4.78, 5) is 17.7. The Morgan fingerprint density at radius 1 is 1.03 bits per heavy atom. The molecule has 0 N–H and O–H groups in total. The number of aromatic nitrogens is 3. The van der Waals surface area contributed by atoms with Crippen LogP contribution >= 0.6 is 12.4 Å². The fourth-order valence-electron chi connectivity index (χ4n) is 5.04. The third-order valence-corrected chi connectivity index (χ3v) is 6.45. The molecule has 2 fully saturated rings. The Labute approximate surface area is 188 Å². The molecule has 1 amide bonds. The average Bonchev–Trinajstić information content (AvgIpc) is 3.50. The Morgan fingerprint density at radius 2 is 1.77 bits per heavy atom. The number of likely N-dealkylation sites (tertiary alicyclic amines) is 2. The molecule has 2 aliphatic rings. The van der Waals surface area contributed by atoms with E-state index in [4.69, 9.17) is 4.74 Å². The van der Waals surface area contributed by atoms with Crippen molar-refractivity contribution in [1.82, 2.24) is 24.6 Å². The van der Waals surface area contributed by atoms with Crippen LogP contribution in [0, 0.1) is 11.8 Å². The summed E-state index contributed by atoms with van der Waals surface area (Å²) in [7, 11) is 3.87. The Balaban J connectivity index is 0.00000231. The number of benzene rings is 2. The smallest absolute Gasteiger partial charge is 0.253 e. The van der Waals surface area contributed by atoms with E-state index in [-0.39, 0.29) is 18.3 Å². The zero-order valence-corrected chi connectivity index (χ0v) is 18.4. The van der Waals surface area contributed by atoms with Gasteiger partial charge >= 0.3 is 0 Å². The highest BCUT2D eigenvalue weighted by atomic mass is 35.5. The van der Waals surface area contributed by atoms with Crippen LogP contribution in [0.5, 0.6) is 5.75 Å². The lowest BCUT2D eigenvalue weighted by atomic mass is 9.89. The van der Waals surface area contributed by atoms with Gasteiger partial charge in [0.2, 0.25) is 0 Å². The first kappa shape index (κ1) is 21.3. The van der Waals surface area contributed by atoms with E-state index in [0.717, 1.165) is 31.1 Å². The number of carbonyl (C=O) groups excluding carboxylic acids is 1. The molecule has 5 rings (SSSR count). The van der Waals surface area contributed by atoms with E-state index in [1.54, 1.807) is 19.8 Å². The van der Waals surface area contributed by atoms with Crippen molar-refractivity contribution < 1.29 is 9.53 Å². The van der Waals surface area contributed by atoms with E-state index in [9.17, 15) is 4.79 Å². The van der Waals surface area contributed by atoms with Crippen LogP contribution in [0.4, 0.5) is 0 Å². The van der Waals surface area contributed by atoms with E-state index in [1.165, 1.54) is 5.56 Å². The number of hydrogen-bond acceptors (Lipinski definition) is 5. The van der Waals surface area contributed by atoms with Crippen molar-refractivity contribution in [2.75, 3.05) is 33.8 Å². The SMILES string of the molecule is COc1ccc([C@@H]2[C@@H]3CN(C(=O)c4cccc(-n5cnnc5)c4)C[C@@H]3CN2C)cc1.Cl. The molecule has 0 unspecified atom stereocenters. The van der Waals surface area contributed by atoms with Crippen molar-refractivity contribution >= 4 is 18.3 Å². The maximum Gasteiger partial charge on any atom is 0.253 e. The van der Waals surface area contributed by atoms with Gasteiger partial charge in [0, 0.05) is 42.8 Å². The van der Waals surface area contributed by atoms with Crippen molar-refractivity contribution in [3.8, 4) is 11.4 Å². The quantitative estimate of drug-likeness (QED) is 0.625. The lowest BCUT2D eigenvalue weighted by Crippen LogP contribution is -2.33. The molecule has 8 heteroatoms. The van der Waals surface area contributed by atoms with Crippen LogP contribution in [-0.4, -0.2) is 64.3 Å². The zero-order valence-electron chi connectivity index (χ0n) is 17.6. The molecule has 0 spiro atoms. The number of hydrogen-bond donors (Lipinski definition) is 0. The summed E-state index contributed by atoms with van der Waals surface area (Å²) in [6.07, 6.45) is 3.28. The Kier molecular flexibility index (Phi) is 5.98. The van der Waals surface area contributed by atoms with Gasteiger partial charge in [0.25, 0.3) is 5.91 Å². The maximum atomic E-state index is 13.3. The molecule has 2 aliphatic heterocycles. The van der Waals surface area contributed by atoms with Gasteiger partial charge in [-0.2, -0.15) is 0 Å². The standard InChI is InChI=1S/C23H25N5O2.ClH/c1-26-11-18-12-27(13-21(18)22(26)16-6-8-20(30-2)9-7-16)23(29)17-4-3-5-19(10-17)28-14-24-25-15-28;/h3-10,14-15,18,21-22H,11-13H2,1-2H3;1H/t18-,21+,22+;/m0./s1. The molecule has 2 saturated heterocycles. The fraction of sp³-hybridized carbons (Fsp3) is 0.348. The molecule has 7 nitrogen and oxygen atoms in total. The largest absolute Gasteiger partial charge is 0.497 e. The van der Waals surface area contributed by atoms with Gasteiger partial charge in [-0.15, -0.1) is 22.6 Å². The number of amides is 1. The number of fused-ring (bicyclic) bond motifs is 1. The van der Waals surface area contributed by atoms with Crippen LogP contribution < -0.4 is 4.74 Å². The van der Waals surface area contributed by atoms with Crippen LogP contribution in [0.2, 0.25) is 0 Å². The summed E-state index contributed by atoms with van der Waals surface area (Å²) in [5.41, 5.74) is 2.88. The molecule has 0 aliphatic carbocycles. The van der Waals surface area contributed by atoms with Gasteiger partial charge < -0.3 is 9.64 Å². The summed E-state index contributed by atoms with van der Waals surface area (Å²) in [5.74, 6) is 1.89. The number of carbonyl (C=O) groups is 1. The lowest BCUT2D eigenvalue weighted by molar-refractivity contribution is 0.0768. The van der Waals surface area contributed by atoms with Gasteiger partial charge in [0.05, 0.1) is 7.11 Å². The van der Waals surface area contributed by atoms with E-state index in [1.807, 2.05) is 45.9 Å². The molecule has 162 valence electrons. The first-order chi connectivity index (χ1) is 14.6. The van der Waals surface area contributed by atoms with Crippen LogP contribution in [0.3, 0.4) is 0 Å². The van der Waals surface area contributed by atoms with Crippen molar-refractivity contribution in [3.63, 3.8) is 0 Å². The van der Waals surface area contributed by atoms with Crippen molar-refractivity contribution in [2.45, 2.75) is 6.04 Å². The third kappa shape index (κ3) is 3.91. The molecule has 3 heterocycles.